The number of ether oxygens (including phenoxy) is 1. The van der Waals surface area contributed by atoms with E-state index in [1.54, 1.807) is 0 Å². The Morgan fingerprint density at radius 2 is 2.17 bits per heavy atom. The Morgan fingerprint density at radius 1 is 1.67 bits per heavy atom. The van der Waals surface area contributed by atoms with Crippen molar-refractivity contribution in [2.75, 3.05) is 6.61 Å². The highest BCUT2D eigenvalue weighted by Crippen LogP contribution is 2.06. The average molecular weight is 175 g/mol. The van der Waals surface area contributed by atoms with Crippen molar-refractivity contribution in [2.24, 2.45) is 5.73 Å². The van der Waals surface area contributed by atoms with Crippen LogP contribution in [0.5, 0.6) is 0 Å². The van der Waals surface area contributed by atoms with Crippen LogP contribution in [-0.4, -0.2) is 29.3 Å². The van der Waals surface area contributed by atoms with E-state index in [1.165, 1.54) is 6.92 Å². The number of carbonyl (C=O) groups is 1. The Kier molecular flexibility index (Phi) is 4.20. The average Bonchev–Trinajstić information content (AvgIpc) is 1.85. The Bertz CT molecular complexity index is 154. The van der Waals surface area contributed by atoms with Crippen molar-refractivity contribution >= 4 is 5.97 Å². The maximum atomic E-state index is 10.5. The number of carboxylic acids is 1. The van der Waals surface area contributed by atoms with Crippen molar-refractivity contribution in [2.45, 2.75) is 38.8 Å². The lowest BCUT2D eigenvalue weighted by molar-refractivity contribution is -0.143. The first-order valence-electron chi connectivity index (χ1n) is 4.00. The first-order chi connectivity index (χ1) is 5.36. The highest BCUT2D eigenvalue weighted by Gasteiger charge is 2.27. The Labute approximate surface area is 72.7 Å². The molecule has 1 atom stereocenters. The lowest BCUT2D eigenvalue weighted by Gasteiger charge is -2.19. The zero-order valence-electron chi connectivity index (χ0n) is 7.83. The maximum Gasteiger partial charge on any atom is 0.323 e. The van der Waals surface area contributed by atoms with Crippen molar-refractivity contribution in [1.82, 2.24) is 0 Å². The van der Waals surface area contributed by atoms with Gasteiger partial charge in [0, 0.05) is 6.61 Å². The Balaban J connectivity index is 3.69. The van der Waals surface area contributed by atoms with Crippen LogP contribution in [0.3, 0.4) is 0 Å². The van der Waals surface area contributed by atoms with E-state index in [0.717, 1.165) is 0 Å². The molecule has 0 spiro atoms. The molecule has 1 unspecified atom stereocenters. The quantitative estimate of drug-likeness (QED) is 0.642. The van der Waals surface area contributed by atoms with E-state index in [0.29, 0.717) is 13.0 Å². The van der Waals surface area contributed by atoms with Crippen LogP contribution in [-0.2, 0) is 9.53 Å². The lowest BCUT2D eigenvalue weighted by atomic mass is 10.0. The highest BCUT2D eigenvalue weighted by molar-refractivity contribution is 5.77. The third-order valence-electron chi connectivity index (χ3n) is 1.56. The molecule has 0 saturated heterocycles. The van der Waals surface area contributed by atoms with Gasteiger partial charge in [0.2, 0.25) is 0 Å². The molecular weight excluding hydrogens is 158 g/mol. The van der Waals surface area contributed by atoms with Gasteiger partial charge < -0.3 is 15.6 Å². The van der Waals surface area contributed by atoms with E-state index >= 15 is 0 Å². The van der Waals surface area contributed by atoms with Gasteiger partial charge >= 0.3 is 5.97 Å². The summed E-state index contributed by atoms with van der Waals surface area (Å²) in [7, 11) is 0. The number of nitrogens with two attached hydrogens (primary N) is 1. The molecule has 3 N–H and O–H groups in total. The molecule has 0 bridgehead atoms. The fourth-order valence-electron chi connectivity index (χ4n) is 0.614. The smallest absolute Gasteiger partial charge is 0.323 e. The summed E-state index contributed by atoms with van der Waals surface area (Å²) in [4.78, 5) is 10.5. The van der Waals surface area contributed by atoms with Crippen molar-refractivity contribution in [3.8, 4) is 0 Å². The summed E-state index contributed by atoms with van der Waals surface area (Å²) in [5, 5.41) is 8.63. The second kappa shape index (κ2) is 4.42. The fraction of sp³-hybridized carbons (Fsp3) is 0.875. The number of rotatable bonds is 5. The topological polar surface area (TPSA) is 72.5 Å². The SMILES string of the molecule is CC(C)OCCC(C)(N)C(=O)O. The van der Waals surface area contributed by atoms with Gasteiger partial charge in [0.1, 0.15) is 5.54 Å². The Hall–Kier alpha value is -0.610. The van der Waals surface area contributed by atoms with Crippen LogP contribution in [0.4, 0.5) is 0 Å². The van der Waals surface area contributed by atoms with E-state index < -0.39 is 11.5 Å². The van der Waals surface area contributed by atoms with Crippen LogP contribution in [0.2, 0.25) is 0 Å². The molecular formula is C8H17NO3. The molecule has 12 heavy (non-hydrogen) atoms. The third kappa shape index (κ3) is 4.31. The highest BCUT2D eigenvalue weighted by atomic mass is 16.5. The van der Waals surface area contributed by atoms with Gasteiger partial charge in [0.05, 0.1) is 6.10 Å². The first-order valence-corrected chi connectivity index (χ1v) is 4.00. The molecule has 0 radical (unpaired) electrons. The van der Waals surface area contributed by atoms with Crippen molar-refractivity contribution in [1.29, 1.82) is 0 Å². The van der Waals surface area contributed by atoms with Crippen LogP contribution in [0.25, 0.3) is 0 Å². The monoisotopic (exact) mass is 175 g/mol. The molecule has 72 valence electrons. The minimum Gasteiger partial charge on any atom is -0.480 e. The molecule has 0 aliphatic heterocycles. The fourth-order valence-corrected chi connectivity index (χ4v) is 0.614. The molecule has 0 heterocycles. The van der Waals surface area contributed by atoms with Gasteiger partial charge in [-0.15, -0.1) is 0 Å². The maximum absolute atomic E-state index is 10.5. The number of carboxylic acid groups (broad SMARTS) is 1. The summed E-state index contributed by atoms with van der Waals surface area (Å²) in [6, 6.07) is 0. The minimum absolute atomic E-state index is 0.120. The number of hydrogen-bond donors (Lipinski definition) is 2. The second-order valence-electron chi connectivity index (χ2n) is 3.39. The summed E-state index contributed by atoms with van der Waals surface area (Å²) in [6.45, 7) is 5.67. The zero-order valence-corrected chi connectivity index (χ0v) is 7.83. The van der Waals surface area contributed by atoms with Gasteiger partial charge in [-0.05, 0) is 27.2 Å². The predicted octanol–water partition coefficient (Wildman–Crippen LogP) is 0.603. The van der Waals surface area contributed by atoms with E-state index in [1.807, 2.05) is 13.8 Å². The van der Waals surface area contributed by atoms with Gasteiger partial charge in [-0.3, -0.25) is 4.79 Å². The molecule has 0 fully saturated rings. The van der Waals surface area contributed by atoms with Crippen molar-refractivity contribution in [3.05, 3.63) is 0 Å². The predicted molar refractivity (Wildman–Crippen MR) is 45.9 cm³/mol. The standard InChI is InChI=1S/C8H17NO3/c1-6(2)12-5-4-8(3,9)7(10)11/h6H,4-5,9H2,1-3H3,(H,10,11). The molecule has 0 aromatic carbocycles. The summed E-state index contributed by atoms with van der Waals surface area (Å²) in [5.41, 5.74) is 4.29. The Morgan fingerprint density at radius 3 is 2.50 bits per heavy atom. The zero-order chi connectivity index (χ0) is 9.78. The molecule has 0 aliphatic rings. The van der Waals surface area contributed by atoms with Crippen molar-refractivity contribution < 1.29 is 14.6 Å². The van der Waals surface area contributed by atoms with E-state index in [4.69, 9.17) is 15.6 Å². The molecule has 0 aromatic rings. The normalized spacial score (nSPS) is 16.1. The van der Waals surface area contributed by atoms with Crippen molar-refractivity contribution in [3.63, 3.8) is 0 Å². The lowest BCUT2D eigenvalue weighted by Crippen LogP contribution is -2.45. The minimum atomic E-state index is -1.17. The van der Waals surface area contributed by atoms with Crippen LogP contribution >= 0.6 is 0 Å². The van der Waals surface area contributed by atoms with Crippen LogP contribution < -0.4 is 5.73 Å². The van der Waals surface area contributed by atoms with Crippen LogP contribution in [0.1, 0.15) is 27.2 Å². The van der Waals surface area contributed by atoms with Gasteiger partial charge in [-0.1, -0.05) is 0 Å². The largest absolute Gasteiger partial charge is 0.480 e. The molecule has 4 nitrogen and oxygen atoms in total. The molecule has 0 saturated carbocycles. The molecule has 0 rings (SSSR count). The van der Waals surface area contributed by atoms with Gasteiger partial charge in [-0.25, -0.2) is 0 Å². The van der Waals surface area contributed by atoms with Gasteiger partial charge in [0.25, 0.3) is 0 Å². The number of aliphatic carboxylic acids is 1. The molecule has 0 aliphatic carbocycles. The summed E-state index contributed by atoms with van der Waals surface area (Å²) in [6.07, 6.45) is 0.454. The van der Waals surface area contributed by atoms with E-state index in [9.17, 15) is 4.79 Å². The van der Waals surface area contributed by atoms with Gasteiger partial charge in [-0.2, -0.15) is 0 Å². The summed E-state index contributed by atoms with van der Waals surface area (Å²) in [5.74, 6) is -0.991. The molecule has 4 heteroatoms. The van der Waals surface area contributed by atoms with E-state index in [-0.39, 0.29) is 6.10 Å². The van der Waals surface area contributed by atoms with E-state index in [2.05, 4.69) is 0 Å². The summed E-state index contributed by atoms with van der Waals surface area (Å²) >= 11 is 0. The molecule has 0 aromatic heterocycles. The van der Waals surface area contributed by atoms with Gasteiger partial charge in [0.15, 0.2) is 0 Å². The summed E-state index contributed by atoms with van der Waals surface area (Å²) < 4.78 is 5.18. The number of hydrogen-bond acceptors (Lipinski definition) is 3. The van der Waals surface area contributed by atoms with Crippen LogP contribution in [0, 0.1) is 0 Å². The third-order valence-corrected chi connectivity index (χ3v) is 1.56. The first kappa shape index (κ1) is 11.4. The molecule has 0 amide bonds. The van der Waals surface area contributed by atoms with Crippen LogP contribution in [0.15, 0.2) is 0 Å². The second-order valence-corrected chi connectivity index (χ2v) is 3.39.